The number of carbonyl (C=O) groups is 1. The highest BCUT2D eigenvalue weighted by molar-refractivity contribution is 5.91. The van der Waals surface area contributed by atoms with Gasteiger partial charge in [0.05, 0.1) is 19.2 Å². The molecule has 9 heteroatoms. The number of nitrogens with zero attached hydrogens (tertiary/aromatic N) is 5. The van der Waals surface area contributed by atoms with E-state index in [1.165, 1.54) is 4.52 Å². The number of aromatic nitrogens is 4. The van der Waals surface area contributed by atoms with Crippen LogP contribution in [0.4, 0.5) is 8.78 Å². The molecule has 1 fully saturated rings. The van der Waals surface area contributed by atoms with Crippen LogP contribution in [-0.2, 0) is 0 Å². The number of rotatable bonds is 2. The van der Waals surface area contributed by atoms with Crippen LogP contribution in [0.3, 0.4) is 0 Å². The van der Waals surface area contributed by atoms with E-state index in [1.54, 1.807) is 19.9 Å². The number of aliphatic hydroxyl groups excluding tert-OH is 1. The molecule has 0 saturated carbocycles. The second-order valence-corrected chi connectivity index (χ2v) is 5.52. The zero-order valence-electron chi connectivity index (χ0n) is 12.1. The lowest BCUT2D eigenvalue weighted by atomic mass is 10.2. The van der Waals surface area contributed by atoms with Crippen molar-refractivity contribution in [2.75, 3.05) is 13.2 Å². The van der Waals surface area contributed by atoms with Crippen LogP contribution in [0.2, 0.25) is 0 Å². The summed E-state index contributed by atoms with van der Waals surface area (Å²) in [7, 11) is 0. The van der Waals surface area contributed by atoms with Crippen molar-refractivity contribution in [3.05, 3.63) is 23.3 Å². The van der Waals surface area contributed by atoms with Crippen molar-refractivity contribution < 1.29 is 18.7 Å². The standard InChI is InChI=1S/C13H15F2N5O2/c1-7-3-8(2)20-12(16-7)17-10(18-20)11(22)19-6-13(14,15)4-9(19)5-21/h3,9,21H,4-6H2,1-2H3. The van der Waals surface area contributed by atoms with E-state index in [-0.39, 0.29) is 11.6 Å². The van der Waals surface area contributed by atoms with Gasteiger partial charge in [-0.05, 0) is 19.9 Å². The zero-order chi connectivity index (χ0) is 16.1. The number of amides is 1. The quantitative estimate of drug-likeness (QED) is 0.877. The van der Waals surface area contributed by atoms with E-state index >= 15 is 0 Å². The Labute approximate surface area is 124 Å². The summed E-state index contributed by atoms with van der Waals surface area (Å²) in [6.07, 6.45) is -0.557. The van der Waals surface area contributed by atoms with Gasteiger partial charge in [0, 0.05) is 17.8 Å². The maximum absolute atomic E-state index is 13.5. The molecule has 0 aliphatic carbocycles. The van der Waals surface area contributed by atoms with Gasteiger partial charge in [0.25, 0.3) is 17.6 Å². The molecule has 118 valence electrons. The third-order valence-electron chi connectivity index (χ3n) is 3.66. The summed E-state index contributed by atoms with van der Waals surface area (Å²) in [5.74, 6) is -3.68. The molecule has 1 saturated heterocycles. The molecule has 0 bridgehead atoms. The van der Waals surface area contributed by atoms with Crippen LogP contribution in [0.15, 0.2) is 6.07 Å². The second-order valence-electron chi connectivity index (χ2n) is 5.52. The highest BCUT2D eigenvalue weighted by Crippen LogP contribution is 2.32. The molecule has 1 aliphatic heterocycles. The van der Waals surface area contributed by atoms with E-state index < -0.39 is 37.4 Å². The maximum atomic E-state index is 13.5. The van der Waals surface area contributed by atoms with Crippen LogP contribution in [0.5, 0.6) is 0 Å². The average Bonchev–Trinajstić information content (AvgIpc) is 2.98. The lowest BCUT2D eigenvalue weighted by molar-refractivity contribution is 0.0114. The fourth-order valence-corrected chi connectivity index (χ4v) is 2.68. The van der Waals surface area contributed by atoms with Crippen LogP contribution in [-0.4, -0.2) is 60.6 Å². The Morgan fingerprint density at radius 3 is 2.86 bits per heavy atom. The Balaban J connectivity index is 1.97. The first kappa shape index (κ1) is 14.8. The van der Waals surface area contributed by atoms with Gasteiger partial charge < -0.3 is 10.0 Å². The molecule has 7 nitrogen and oxygen atoms in total. The second kappa shape index (κ2) is 4.94. The van der Waals surface area contributed by atoms with Crippen LogP contribution in [0.25, 0.3) is 5.78 Å². The highest BCUT2D eigenvalue weighted by Gasteiger charge is 2.47. The Bertz CT molecular complexity index is 745. The molecule has 0 radical (unpaired) electrons. The molecule has 1 amide bonds. The number of aliphatic hydroxyl groups is 1. The van der Waals surface area contributed by atoms with Crippen LogP contribution < -0.4 is 0 Å². The summed E-state index contributed by atoms with van der Waals surface area (Å²) in [4.78, 5) is 21.5. The summed E-state index contributed by atoms with van der Waals surface area (Å²) in [5.41, 5.74) is 1.46. The molecular formula is C13H15F2N5O2. The van der Waals surface area contributed by atoms with Gasteiger partial charge >= 0.3 is 0 Å². The highest BCUT2D eigenvalue weighted by atomic mass is 19.3. The number of carbonyl (C=O) groups excluding carboxylic acids is 1. The van der Waals surface area contributed by atoms with E-state index in [1.807, 2.05) is 0 Å². The number of fused-ring (bicyclic) bond motifs is 1. The average molecular weight is 311 g/mol. The summed E-state index contributed by atoms with van der Waals surface area (Å²) in [6, 6.07) is 0.848. The first-order valence-electron chi connectivity index (χ1n) is 6.81. The zero-order valence-corrected chi connectivity index (χ0v) is 12.1. The SMILES string of the molecule is Cc1cc(C)n2nc(C(=O)N3CC(F)(F)CC3CO)nc2n1. The number of hydrogen-bond acceptors (Lipinski definition) is 5. The van der Waals surface area contributed by atoms with Crippen LogP contribution in [0.1, 0.15) is 28.4 Å². The number of halogens is 2. The summed E-state index contributed by atoms with van der Waals surface area (Å²) < 4.78 is 28.3. The number of alkyl halides is 2. The Hall–Kier alpha value is -2.16. The minimum absolute atomic E-state index is 0.197. The lowest BCUT2D eigenvalue weighted by Gasteiger charge is -2.20. The van der Waals surface area contributed by atoms with Crippen LogP contribution >= 0.6 is 0 Å². The van der Waals surface area contributed by atoms with Gasteiger partial charge in [-0.2, -0.15) is 4.98 Å². The molecular weight excluding hydrogens is 296 g/mol. The van der Waals surface area contributed by atoms with Gasteiger partial charge in [0.1, 0.15) is 0 Å². The Morgan fingerprint density at radius 1 is 1.45 bits per heavy atom. The van der Waals surface area contributed by atoms with E-state index in [0.717, 1.165) is 16.3 Å². The summed E-state index contributed by atoms with van der Waals surface area (Å²) in [5, 5.41) is 13.2. The maximum Gasteiger partial charge on any atom is 0.294 e. The van der Waals surface area contributed by atoms with Crippen LogP contribution in [0, 0.1) is 13.8 Å². The molecule has 1 atom stereocenters. The van der Waals surface area contributed by atoms with E-state index in [0.29, 0.717) is 0 Å². The van der Waals surface area contributed by atoms with E-state index in [9.17, 15) is 18.7 Å². The first-order chi connectivity index (χ1) is 10.3. The molecule has 3 heterocycles. The fraction of sp³-hybridized carbons (Fsp3) is 0.538. The van der Waals surface area contributed by atoms with E-state index in [2.05, 4.69) is 15.1 Å². The van der Waals surface area contributed by atoms with Gasteiger partial charge in [-0.3, -0.25) is 4.79 Å². The van der Waals surface area contributed by atoms with Crippen molar-refractivity contribution in [1.29, 1.82) is 0 Å². The Kier molecular flexibility index (Phi) is 3.32. The number of aryl methyl sites for hydroxylation is 2. The van der Waals surface area contributed by atoms with Crippen molar-refractivity contribution >= 4 is 11.7 Å². The predicted octanol–water partition coefficient (Wildman–Crippen LogP) is 0.583. The molecule has 1 N–H and O–H groups in total. The smallest absolute Gasteiger partial charge is 0.294 e. The molecule has 0 spiro atoms. The third-order valence-corrected chi connectivity index (χ3v) is 3.66. The van der Waals surface area contributed by atoms with Gasteiger partial charge in [-0.15, -0.1) is 5.10 Å². The normalized spacial score (nSPS) is 20.8. The largest absolute Gasteiger partial charge is 0.394 e. The predicted molar refractivity (Wildman–Crippen MR) is 71.7 cm³/mol. The van der Waals surface area contributed by atoms with Gasteiger partial charge in [0.15, 0.2) is 0 Å². The minimum Gasteiger partial charge on any atom is -0.394 e. The molecule has 2 aromatic heterocycles. The molecule has 2 aromatic rings. The monoisotopic (exact) mass is 311 g/mol. The van der Waals surface area contributed by atoms with Crippen molar-refractivity contribution in [1.82, 2.24) is 24.5 Å². The van der Waals surface area contributed by atoms with E-state index in [4.69, 9.17) is 0 Å². The van der Waals surface area contributed by atoms with Crippen molar-refractivity contribution in [3.63, 3.8) is 0 Å². The third kappa shape index (κ3) is 2.41. The number of likely N-dealkylation sites (tertiary alicyclic amines) is 1. The first-order valence-corrected chi connectivity index (χ1v) is 6.81. The van der Waals surface area contributed by atoms with Crippen molar-refractivity contribution in [3.8, 4) is 0 Å². The molecule has 3 rings (SSSR count). The van der Waals surface area contributed by atoms with Gasteiger partial charge in [-0.25, -0.2) is 18.3 Å². The minimum atomic E-state index is -3.01. The fourth-order valence-electron chi connectivity index (χ4n) is 2.68. The van der Waals surface area contributed by atoms with Gasteiger partial charge in [-0.1, -0.05) is 0 Å². The molecule has 22 heavy (non-hydrogen) atoms. The van der Waals surface area contributed by atoms with Crippen molar-refractivity contribution in [2.24, 2.45) is 0 Å². The summed E-state index contributed by atoms with van der Waals surface area (Å²) in [6.45, 7) is 2.31. The molecule has 1 aliphatic rings. The van der Waals surface area contributed by atoms with Crippen molar-refractivity contribution in [2.45, 2.75) is 32.2 Å². The topological polar surface area (TPSA) is 83.6 Å². The number of hydrogen-bond donors (Lipinski definition) is 1. The van der Waals surface area contributed by atoms with Gasteiger partial charge in [0.2, 0.25) is 5.82 Å². The lowest BCUT2D eigenvalue weighted by Crippen LogP contribution is -2.38. The molecule has 0 aromatic carbocycles. The Morgan fingerprint density at radius 2 is 2.18 bits per heavy atom. The molecule has 1 unspecified atom stereocenters. The summed E-state index contributed by atoms with van der Waals surface area (Å²) >= 11 is 0.